The van der Waals surface area contributed by atoms with Gasteiger partial charge in [-0.2, -0.15) is 13.2 Å². The summed E-state index contributed by atoms with van der Waals surface area (Å²) in [7, 11) is 0. The molecule has 0 amide bonds. The third-order valence-corrected chi connectivity index (χ3v) is 2.48. The third kappa shape index (κ3) is 4.96. The van der Waals surface area contributed by atoms with E-state index in [2.05, 4.69) is 0 Å². The highest BCUT2D eigenvalue weighted by Crippen LogP contribution is 2.30. The molecule has 2 N–H and O–H groups in total. The number of aryl methyl sites for hydroxylation is 1. The van der Waals surface area contributed by atoms with Crippen LogP contribution < -0.4 is 5.73 Å². The van der Waals surface area contributed by atoms with Crippen LogP contribution in [0.4, 0.5) is 13.2 Å². The van der Waals surface area contributed by atoms with Crippen LogP contribution in [0.3, 0.4) is 0 Å². The van der Waals surface area contributed by atoms with Gasteiger partial charge in [-0.05, 0) is 24.0 Å². The minimum Gasteiger partial charge on any atom is -0.316 e. The molecule has 98 valence electrons. The first-order valence-electron chi connectivity index (χ1n) is 5.36. The van der Waals surface area contributed by atoms with Gasteiger partial charge in [-0.3, -0.25) is 0 Å². The molecule has 0 unspecified atom stereocenters. The molecule has 1 rings (SSSR count). The lowest BCUT2D eigenvalue weighted by Crippen LogP contribution is -2.28. The van der Waals surface area contributed by atoms with E-state index in [-0.39, 0.29) is 18.0 Å². The molecule has 1 aromatic rings. The molecule has 0 aromatic heterocycles. The third-order valence-electron chi connectivity index (χ3n) is 2.48. The molecule has 0 aliphatic carbocycles. The number of unbranched alkanes of at least 4 members (excludes halogenated alkanes) is 1. The minimum absolute atomic E-state index is 0. The fourth-order valence-electron chi connectivity index (χ4n) is 1.51. The van der Waals surface area contributed by atoms with Gasteiger partial charge < -0.3 is 5.73 Å². The van der Waals surface area contributed by atoms with Crippen molar-refractivity contribution in [3.63, 3.8) is 0 Å². The molecule has 1 atom stereocenters. The summed E-state index contributed by atoms with van der Waals surface area (Å²) < 4.78 is 37.2. The van der Waals surface area contributed by atoms with Gasteiger partial charge in [0.1, 0.15) is 6.04 Å². The molecule has 0 bridgehead atoms. The Bertz CT molecular complexity index is 339. The summed E-state index contributed by atoms with van der Waals surface area (Å²) in [6.07, 6.45) is -1.57. The van der Waals surface area contributed by atoms with E-state index in [1.807, 2.05) is 13.0 Å². The Hall–Kier alpha value is -0.740. The van der Waals surface area contributed by atoms with Gasteiger partial charge in [-0.1, -0.05) is 37.6 Å². The van der Waals surface area contributed by atoms with Crippen molar-refractivity contribution >= 4 is 12.4 Å². The van der Waals surface area contributed by atoms with Crippen molar-refractivity contribution in [2.24, 2.45) is 5.73 Å². The van der Waals surface area contributed by atoms with E-state index in [1.165, 1.54) is 6.07 Å². The maximum absolute atomic E-state index is 12.4. The molecule has 5 heteroatoms. The van der Waals surface area contributed by atoms with Gasteiger partial charge in [-0.15, -0.1) is 12.4 Å². The highest BCUT2D eigenvalue weighted by Gasteiger charge is 2.37. The first kappa shape index (κ1) is 16.3. The van der Waals surface area contributed by atoms with Gasteiger partial charge in [0.05, 0.1) is 0 Å². The Morgan fingerprint density at radius 2 is 1.94 bits per heavy atom. The monoisotopic (exact) mass is 267 g/mol. The minimum atomic E-state index is -4.37. The average Bonchev–Trinajstić information content (AvgIpc) is 2.24. The quantitative estimate of drug-likeness (QED) is 0.876. The summed E-state index contributed by atoms with van der Waals surface area (Å²) in [4.78, 5) is 0. The highest BCUT2D eigenvalue weighted by atomic mass is 35.5. The summed E-state index contributed by atoms with van der Waals surface area (Å²) in [5, 5.41) is 0. The zero-order valence-corrected chi connectivity index (χ0v) is 10.4. The molecule has 0 fully saturated rings. The molecule has 0 spiro atoms. The van der Waals surface area contributed by atoms with Crippen molar-refractivity contribution < 1.29 is 13.2 Å². The Labute approximate surface area is 106 Å². The lowest BCUT2D eigenvalue weighted by molar-refractivity contribution is -0.149. The number of rotatable bonds is 4. The van der Waals surface area contributed by atoms with E-state index in [0.29, 0.717) is 0 Å². The topological polar surface area (TPSA) is 26.0 Å². The number of halogens is 4. The van der Waals surface area contributed by atoms with Crippen molar-refractivity contribution in [3.8, 4) is 0 Å². The van der Waals surface area contributed by atoms with E-state index >= 15 is 0 Å². The number of nitrogens with two attached hydrogens (primary N) is 1. The second kappa shape index (κ2) is 6.87. The molecule has 0 heterocycles. The normalized spacial score (nSPS) is 13.0. The van der Waals surface area contributed by atoms with E-state index in [0.717, 1.165) is 24.8 Å². The summed E-state index contributed by atoms with van der Waals surface area (Å²) >= 11 is 0. The van der Waals surface area contributed by atoms with Crippen LogP contribution >= 0.6 is 12.4 Å². The zero-order chi connectivity index (χ0) is 12.2. The summed E-state index contributed by atoms with van der Waals surface area (Å²) in [6.45, 7) is 2.05. The van der Waals surface area contributed by atoms with E-state index in [1.54, 1.807) is 12.1 Å². The van der Waals surface area contributed by atoms with Gasteiger partial charge in [0.25, 0.3) is 0 Å². The second-order valence-electron chi connectivity index (χ2n) is 3.87. The van der Waals surface area contributed by atoms with Crippen molar-refractivity contribution in [1.82, 2.24) is 0 Å². The van der Waals surface area contributed by atoms with Crippen molar-refractivity contribution in [2.75, 3.05) is 0 Å². The fraction of sp³-hybridized carbons (Fsp3) is 0.500. The molecule has 0 saturated carbocycles. The van der Waals surface area contributed by atoms with E-state index in [4.69, 9.17) is 5.73 Å². The Morgan fingerprint density at radius 1 is 1.29 bits per heavy atom. The summed E-state index contributed by atoms with van der Waals surface area (Å²) in [6, 6.07) is 4.56. The standard InChI is InChI=1S/C12H16F3N.ClH/c1-2-3-5-9-6-4-7-10(8-9)11(16)12(13,14)15;/h4,6-8,11H,2-3,5,16H2,1H3;1H/t11-;/m1./s1. The fourth-order valence-corrected chi connectivity index (χ4v) is 1.51. The number of hydrogen-bond acceptors (Lipinski definition) is 1. The summed E-state index contributed by atoms with van der Waals surface area (Å²) in [5.41, 5.74) is 6.20. The first-order chi connectivity index (χ1) is 7.45. The predicted molar refractivity (Wildman–Crippen MR) is 65.3 cm³/mol. The van der Waals surface area contributed by atoms with Crippen LogP contribution in [0.25, 0.3) is 0 Å². The SMILES string of the molecule is CCCCc1cccc([C@@H](N)C(F)(F)F)c1.Cl. The lowest BCUT2D eigenvalue weighted by Gasteiger charge is -2.16. The molecule has 0 saturated heterocycles. The van der Waals surface area contributed by atoms with Crippen LogP contribution in [-0.4, -0.2) is 6.18 Å². The van der Waals surface area contributed by atoms with Gasteiger partial charge in [0, 0.05) is 0 Å². The largest absolute Gasteiger partial charge is 0.407 e. The van der Waals surface area contributed by atoms with Crippen molar-refractivity contribution in [1.29, 1.82) is 0 Å². The molecule has 1 aromatic carbocycles. The predicted octanol–water partition coefficient (Wildman–Crippen LogP) is 4.01. The zero-order valence-electron chi connectivity index (χ0n) is 9.63. The number of benzene rings is 1. The average molecular weight is 268 g/mol. The van der Waals surface area contributed by atoms with Crippen LogP contribution in [0, 0.1) is 0 Å². The van der Waals surface area contributed by atoms with Crippen LogP contribution in [0.1, 0.15) is 36.9 Å². The Morgan fingerprint density at radius 3 is 2.47 bits per heavy atom. The van der Waals surface area contributed by atoms with Crippen LogP contribution in [0.5, 0.6) is 0 Å². The van der Waals surface area contributed by atoms with Crippen LogP contribution in [0.15, 0.2) is 24.3 Å². The smallest absolute Gasteiger partial charge is 0.316 e. The van der Waals surface area contributed by atoms with Crippen molar-refractivity contribution in [3.05, 3.63) is 35.4 Å². The van der Waals surface area contributed by atoms with Crippen LogP contribution in [0.2, 0.25) is 0 Å². The molecule has 0 radical (unpaired) electrons. The van der Waals surface area contributed by atoms with E-state index in [9.17, 15) is 13.2 Å². The van der Waals surface area contributed by atoms with E-state index < -0.39 is 12.2 Å². The number of alkyl halides is 3. The molecule has 1 nitrogen and oxygen atoms in total. The Kier molecular flexibility index (Phi) is 6.57. The number of hydrogen-bond donors (Lipinski definition) is 1. The maximum Gasteiger partial charge on any atom is 0.407 e. The Balaban J connectivity index is 0.00000256. The van der Waals surface area contributed by atoms with Crippen LogP contribution in [-0.2, 0) is 6.42 Å². The molecular weight excluding hydrogens is 251 g/mol. The molecule has 0 aliphatic heterocycles. The first-order valence-corrected chi connectivity index (χ1v) is 5.36. The molecular formula is C12H17ClF3N. The van der Waals surface area contributed by atoms with Crippen molar-refractivity contribution in [2.45, 2.75) is 38.4 Å². The lowest BCUT2D eigenvalue weighted by atomic mass is 10.0. The van der Waals surface area contributed by atoms with Gasteiger partial charge in [0.2, 0.25) is 0 Å². The van der Waals surface area contributed by atoms with Gasteiger partial charge in [-0.25, -0.2) is 0 Å². The maximum atomic E-state index is 12.4. The molecule has 17 heavy (non-hydrogen) atoms. The highest BCUT2D eigenvalue weighted by molar-refractivity contribution is 5.85. The summed E-state index contributed by atoms with van der Waals surface area (Å²) in [5.74, 6) is 0. The second-order valence-corrected chi connectivity index (χ2v) is 3.87. The molecule has 0 aliphatic rings. The van der Waals surface area contributed by atoms with Gasteiger partial charge in [0.15, 0.2) is 0 Å². The van der Waals surface area contributed by atoms with Gasteiger partial charge >= 0.3 is 6.18 Å².